The van der Waals surface area contributed by atoms with Crippen molar-refractivity contribution < 1.29 is 13.9 Å². The van der Waals surface area contributed by atoms with Crippen LogP contribution >= 0.6 is 0 Å². The van der Waals surface area contributed by atoms with Crippen LogP contribution in [0, 0.1) is 5.82 Å². The summed E-state index contributed by atoms with van der Waals surface area (Å²) in [5.74, 6) is 0.162. The van der Waals surface area contributed by atoms with Gasteiger partial charge in [-0.1, -0.05) is 24.3 Å². The third kappa shape index (κ3) is 3.29. The average molecular weight is 310 g/mol. The van der Waals surface area contributed by atoms with E-state index < -0.39 is 5.82 Å². The molecular formula is C18H15FN2O2. The average Bonchev–Trinajstić information content (AvgIpc) is 2.89. The van der Waals surface area contributed by atoms with Crippen molar-refractivity contribution in [2.45, 2.75) is 6.92 Å². The zero-order valence-electron chi connectivity index (χ0n) is 12.5. The summed E-state index contributed by atoms with van der Waals surface area (Å²) in [4.78, 5) is 16.2. The van der Waals surface area contributed by atoms with E-state index in [9.17, 15) is 9.18 Å². The zero-order chi connectivity index (χ0) is 16.2. The van der Waals surface area contributed by atoms with Gasteiger partial charge in [0.15, 0.2) is 0 Å². The second-order valence-electron chi connectivity index (χ2n) is 4.93. The minimum Gasteiger partial charge on any atom is -0.494 e. The van der Waals surface area contributed by atoms with Gasteiger partial charge in [0.2, 0.25) is 0 Å². The highest BCUT2D eigenvalue weighted by atomic mass is 19.1. The van der Waals surface area contributed by atoms with E-state index in [-0.39, 0.29) is 23.0 Å². The van der Waals surface area contributed by atoms with Crippen LogP contribution in [0.3, 0.4) is 0 Å². The van der Waals surface area contributed by atoms with Crippen molar-refractivity contribution in [2.24, 2.45) is 4.99 Å². The molecule has 116 valence electrons. The maximum atomic E-state index is 13.8. The molecule has 3 rings (SSSR count). The molecular weight excluding hydrogens is 295 g/mol. The molecule has 0 aliphatic carbocycles. The molecule has 5 heteroatoms. The lowest BCUT2D eigenvalue weighted by Crippen LogP contribution is -2.25. The number of ether oxygens (including phenoxy) is 1. The fourth-order valence-electron chi connectivity index (χ4n) is 2.27. The van der Waals surface area contributed by atoms with Crippen molar-refractivity contribution in [1.82, 2.24) is 5.32 Å². The summed E-state index contributed by atoms with van der Waals surface area (Å²) in [6.07, 6.45) is 1.64. The van der Waals surface area contributed by atoms with Crippen LogP contribution in [0.15, 0.2) is 59.2 Å². The van der Waals surface area contributed by atoms with Crippen molar-refractivity contribution in [2.75, 3.05) is 6.61 Å². The van der Waals surface area contributed by atoms with Crippen LogP contribution in [0.25, 0.3) is 6.08 Å². The molecule has 0 fully saturated rings. The Hall–Kier alpha value is -2.95. The highest BCUT2D eigenvalue weighted by molar-refractivity contribution is 6.19. The number of hydrogen-bond acceptors (Lipinski definition) is 3. The van der Waals surface area contributed by atoms with E-state index in [1.165, 1.54) is 6.07 Å². The molecule has 0 spiro atoms. The van der Waals surface area contributed by atoms with Gasteiger partial charge in [-0.15, -0.1) is 0 Å². The van der Waals surface area contributed by atoms with E-state index in [0.717, 1.165) is 11.3 Å². The van der Waals surface area contributed by atoms with Crippen LogP contribution in [0.5, 0.6) is 5.75 Å². The van der Waals surface area contributed by atoms with Crippen molar-refractivity contribution in [3.05, 3.63) is 71.2 Å². The number of hydrogen-bond donors (Lipinski definition) is 1. The molecule has 1 N–H and O–H groups in total. The second-order valence-corrected chi connectivity index (χ2v) is 4.93. The third-order valence-corrected chi connectivity index (χ3v) is 3.30. The van der Waals surface area contributed by atoms with Crippen LogP contribution in [-0.4, -0.2) is 18.3 Å². The molecule has 4 nitrogen and oxygen atoms in total. The number of nitrogens with zero attached hydrogens (tertiary/aromatic N) is 1. The highest BCUT2D eigenvalue weighted by Gasteiger charge is 2.22. The van der Waals surface area contributed by atoms with E-state index in [2.05, 4.69) is 10.3 Å². The summed E-state index contributed by atoms with van der Waals surface area (Å²) in [6.45, 7) is 2.47. The summed E-state index contributed by atoms with van der Waals surface area (Å²) in [7, 11) is 0. The first-order valence-corrected chi connectivity index (χ1v) is 7.27. The summed E-state index contributed by atoms with van der Waals surface area (Å²) in [5, 5.41) is 2.59. The molecule has 1 aliphatic rings. The number of benzene rings is 2. The first-order chi connectivity index (χ1) is 11.2. The summed E-state index contributed by atoms with van der Waals surface area (Å²) >= 11 is 0. The van der Waals surface area contributed by atoms with Gasteiger partial charge in [-0.2, -0.15) is 0 Å². The molecule has 2 aromatic carbocycles. The van der Waals surface area contributed by atoms with Gasteiger partial charge in [0, 0.05) is 0 Å². The molecule has 0 atom stereocenters. The Morgan fingerprint density at radius 1 is 1.22 bits per heavy atom. The molecule has 0 saturated heterocycles. The number of amidine groups is 1. The Morgan fingerprint density at radius 3 is 2.83 bits per heavy atom. The Balaban J connectivity index is 1.92. The van der Waals surface area contributed by atoms with Crippen LogP contribution in [0.4, 0.5) is 4.39 Å². The Labute approximate surface area is 133 Å². The molecule has 0 bridgehead atoms. The smallest absolute Gasteiger partial charge is 0.275 e. The monoisotopic (exact) mass is 310 g/mol. The Morgan fingerprint density at radius 2 is 2.04 bits per heavy atom. The van der Waals surface area contributed by atoms with Crippen LogP contribution in [0.2, 0.25) is 0 Å². The molecule has 1 heterocycles. The molecule has 1 aliphatic heterocycles. The van der Waals surface area contributed by atoms with Gasteiger partial charge in [-0.3, -0.25) is 4.79 Å². The number of nitrogens with one attached hydrogen (secondary N) is 1. The maximum absolute atomic E-state index is 13.8. The Bertz CT molecular complexity index is 812. The van der Waals surface area contributed by atoms with E-state index in [4.69, 9.17) is 4.74 Å². The van der Waals surface area contributed by atoms with E-state index in [1.54, 1.807) is 24.3 Å². The summed E-state index contributed by atoms with van der Waals surface area (Å²) < 4.78 is 19.2. The summed E-state index contributed by atoms with van der Waals surface area (Å²) in [5.41, 5.74) is 1.30. The topological polar surface area (TPSA) is 50.7 Å². The number of carbonyl (C=O) groups excluding carboxylic acids is 1. The van der Waals surface area contributed by atoms with Gasteiger partial charge < -0.3 is 10.1 Å². The van der Waals surface area contributed by atoms with E-state index in [1.807, 2.05) is 31.2 Å². The normalized spacial score (nSPS) is 15.5. The third-order valence-electron chi connectivity index (χ3n) is 3.30. The minimum absolute atomic E-state index is 0.223. The molecule has 1 amide bonds. The second kappa shape index (κ2) is 6.44. The summed E-state index contributed by atoms with van der Waals surface area (Å²) in [6, 6.07) is 13.5. The van der Waals surface area contributed by atoms with Crippen LogP contribution < -0.4 is 10.1 Å². The highest BCUT2D eigenvalue weighted by Crippen LogP contribution is 2.19. The standard InChI is InChI=1S/C18H15FN2O2/c1-2-23-13-7-5-6-12(10-13)11-16-18(22)21-17(20-16)14-8-3-4-9-15(14)19/h3-11H,2H2,1H3,(H,20,21,22)/b16-11+. The predicted molar refractivity (Wildman–Crippen MR) is 86.7 cm³/mol. The quantitative estimate of drug-likeness (QED) is 0.882. The molecule has 0 radical (unpaired) electrons. The van der Waals surface area contributed by atoms with Crippen molar-refractivity contribution in [3.63, 3.8) is 0 Å². The van der Waals surface area contributed by atoms with Gasteiger partial charge in [-0.05, 0) is 42.8 Å². The number of halogens is 1. The lowest BCUT2D eigenvalue weighted by Gasteiger charge is -2.03. The van der Waals surface area contributed by atoms with Crippen molar-refractivity contribution >= 4 is 17.8 Å². The maximum Gasteiger partial charge on any atom is 0.275 e. The minimum atomic E-state index is -0.425. The van der Waals surface area contributed by atoms with Crippen LogP contribution in [-0.2, 0) is 4.79 Å². The largest absolute Gasteiger partial charge is 0.494 e. The van der Waals surface area contributed by atoms with Gasteiger partial charge >= 0.3 is 0 Å². The predicted octanol–water partition coefficient (Wildman–Crippen LogP) is 3.14. The van der Waals surface area contributed by atoms with Gasteiger partial charge in [0.25, 0.3) is 5.91 Å². The van der Waals surface area contributed by atoms with E-state index >= 15 is 0 Å². The fourth-order valence-corrected chi connectivity index (χ4v) is 2.27. The number of carbonyl (C=O) groups is 1. The first-order valence-electron chi connectivity index (χ1n) is 7.27. The molecule has 0 aromatic heterocycles. The lowest BCUT2D eigenvalue weighted by atomic mass is 10.2. The zero-order valence-corrected chi connectivity index (χ0v) is 12.5. The number of aliphatic imine (C=N–C) groups is 1. The van der Waals surface area contributed by atoms with Crippen molar-refractivity contribution in [1.29, 1.82) is 0 Å². The molecule has 0 unspecified atom stereocenters. The van der Waals surface area contributed by atoms with Gasteiger partial charge in [0.1, 0.15) is 23.1 Å². The fraction of sp³-hybridized carbons (Fsp3) is 0.111. The SMILES string of the molecule is CCOc1cccc(/C=C2/N=C(c3ccccc3F)NC2=O)c1. The molecule has 0 saturated carbocycles. The molecule has 2 aromatic rings. The number of amides is 1. The lowest BCUT2D eigenvalue weighted by molar-refractivity contribution is -0.115. The molecule has 23 heavy (non-hydrogen) atoms. The van der Waals surface area contributed by atoms with Crippen LogP contribution in [0.1, 0.15) is 18.1 Å². The van der Waals surface area contributed by atoms with Gasteiger partial charge in [0.05, 0.1) is 12.2 Å². The Kier molecular flexibility index (Phi) is 4.19. The van der Waals surface area contributed by atoms with E-state index in [0.29, 0.717) is 6.61 Å². The van der Waals surface area contributed by atoms with Gasteiger partial charge in [-0.25, -0.2) is 9.38 Å². The number of rotatable bonds is 4. The first kappa shape index (κ1) is 15.0. The van der Waals surface area contributed by atoms with Crippen molar-refractivity contribution in [3.8, 4) is 5.75 Å².